The summed E-state index contributed by atoms with van der Waals surface area (Å²) in [5, 5.41) is 1.48. The molecule has 1 heterocycles. The molecule has 1 aliphatic rings. The maximum atomic E-state index is 13.5. The van der Waals surface area contributed by atoms with Crippen LogP contribution in [-0.4, -0.2) is 60.7 Å². The van der Waals surface area contributed by atoms with Crippen LogP contribution in [0, 0.1) is 0 Å². The lowest BCUT2D eigenvalue weighted by Crippen LogP contribution is -2.47. The number of sulfonamides is 1. The minimum atomic E-state index is -3.92. The van der Waals surface area contributed by atoms with Crippen LogP contribution in [0.1, 0.15) is 16.8 Å². The fourth-order valence-corrected chi connectivity index (χ4v) is 6.16. The van der Waals surface area contributed by atoms with E-state index in [2.05, 4.69) is 12.6 Å². The Morgan fingerprint density at radius 3 is 2.38 bits per heavy atom. The highest BCUT2D eigenvalue weighted by Crippen LogP contribution is 2.31. The fraction of sp³-hybridized carbons (Fsp3) is 0.250. The van der Waals surface area contributed by atoms with Crippen molar-refractivity contribution in [2.24, 2.45) is 0 Å². The van der Waals surface area contributed by atoms with Crippen molar-refractivity contribution in [2.45, 2.75) is 22.6 Å². The molecule has 0 aliphatic carbocycles. The van der Waals surface area contributed by atoms with Crippen LogP contribution in [0.4, 0.5) is 0 Å². The van der Waals surface area contributed by atoms with Crippen LogP contribution in [0.15, 0.2) is 77.7 Å². The highest BCUT2D eigenvalue weighted by atomic mass is 32.2. The van der Waals surface area contributed by atoms with E-state index in [-0.39, 0.29) is 29.0 Å². The Balaban J connectivity index is 1.57. The number of benzene rings is 3. The number of carbonyl (C=O) groups is 2. The standard InChI is InChI=1S/C24H24N2O4S2/c1-25(16-23(27)18-8-3-2-4-9-18)24(28)22-14-20(31)15-26(22)32(29,30)21-12-11-17-7-5-6-10-19(17)13-21/h2-13,20,22,31H,14-16H2,1H3/t20-,22+/m1/s1. The summed E-state index contributed by atoms with van der Waals surface area (Å²) >= 11 is 4.46. The molecule has 4 rings (SSSR count). The van der Waals surface area contributed by atoms with E-state index < -0.39 is 22.0 Å². The van der Waals surface area contributed by atoms with Gasteiger partial charge in [-0.2, -0.15) is 16.9 Å². The van der Waals surface area contributed by atoms with Crippen LogP contribution in [0.5, 0.6) is 0 Å². The van der Waals surface area contributed by atoms with Crippen molar-refractivity contribution in [2.75, 3.05) is 20.1 Å². The van der Waals surface area contributed by atoms with Gasteiger partial charge in [-0.3, -0.25) is 9.59 Å². The summed E-state index contributed by atoms with van der Waals surface area (Å²) in [4.78, 5) is 27.2. The first kappa shape index (κ1) is 22.5. The largest absolute Gasteiger partial charge is 0.337 e. The summed E-state index contributed by atoms with van der Waals surface area (Å²) in [7, 11) is -2.40. The second-order valence-corrected chi connectivity index (χ2v) is 10.6. The van der Waals surface area contributed by atoms with Crippen LogP contribution >= 0.6 is 12.6 Å². The molecule has 8 heteroatoms. The molecule has 0 radical (unpaired) electrons. The van der Waals surface area contributed by atoms with Gasteiger partial charge in [-0.25, -0.2) is 8.42 Å². The van der Waals surface area contributed by atoms with Gasteiger partial charge in [0.2, 0.25) is 15.9 Å². The van der Waals surface area contributed by atoms with E-state index in [4.69, 9.17) is 0 Å². The molecular weight excluding hydrogens is 444 g/mol. The third kappa shape index (κ3) is 4.44. The molecule has 0 N–H and O–H groups in total. The van der Waals surface area contributed by atoms with Gasteiger partial charge in [0, 0.05) is 24.4 Å². The number of carbonyl (C=O) groups excluding carboxylic acids is 2. The van der Waals surface area contributed by atoms with Crippen molar-refractivity contribution in [3.63, 3.8) is 0 Å². The van der Waals surface area contributed by atoms with Crippen molar-refractivity contribution >= 4 is 45.1 Å². The Hall–Kier alpha value is -2.68. The first-order chi connectivity index (χ1) is 15.3. The van der Waals surface area contributed by atoms with Crippen LogP contribution in [-0.2, 0) is 14.8 Å². The summed E-state index contributed by atoms with van der Waals surface area (Å²) in [6.45, 7) is 0.00952. The van der Waals surface area contributed by atoms with Gasteiger partial charge in [0.1, 0.15) is 6.04 Å². The Kier molecular flexibility index (Phi) is 6.37. The predicted octanol–water partition coefficient (Wildman–Crippen LogP) is 3.24. The van der Waals surface area contributed by atoms with E-state index in [9.17, 15) is 18.0 Å². The zero-order chi connectivity index (χ0) is 22.9. The highest BCUT2D eigenvalue weighted by Gasteiger charge is 2.44. The van der Waals surface area contributed by atoms with Gasteiger partial charge in [-0.15, -0.1) is 0 Å². The van der Waals surface area contributed by atoms with Gasteiger partial charge in [-0.05, 0) is 29.3 Å². The predicted molar refractivity (Wildman–Crippen MR) is 127 cm³/mol. The van der Waals surface area contributed by atoms with Crippen LogP contribution < -0.4 is 0 Å². The maximum absolute atomic E-state index is 13.5. The zero-order valence-electron chi connectivity index (χ0n) is 17.6. The number of fused-ring (bicyclic) bond motifs is 1. The number of ketones is 1. The van der Waals surface area contributed by atoms with Gasteiger partial charge in [0.05, 0.1) is 11.4 Å². The fourth-order valence-electron chi connectivity index (χ4n) is 4.00. The average Bonchev–Trinajstić information content (AvgIpc) is 3.21. The lowest BCUT2D eigenvalue weighted by molar-refractivity contribution is -0.132. The van der Waals surface area contributed by atoms with Gasteiger partial charge in [-0.1, -0.05) is 60.7 Å². The van der Waals surface area contributed by atoms with Crippen molar-refractivity contribution in [3.8, 4) is 0 Å². The Labute approximate surface area is 193 Å². The third-order valence-electron chi connectivity index (χ3n) is 5.70. The average molecular weight is 469 g/mol. The highest BCUT2D eigenvalue weighted by molar-refractivity contribution is 7.89. The third-order valence-corrected chi connectivity index (χ3v) is 7.94. The Morgan fingerprint density at radius 2 is 1.66 bits per heavy atom. The van der Waals surface area contributed by atoms with Gasteiger partial charge >= 0.3 is 0 Å². The molecule has 3 aromatic rings. The molecule has 0 aromatic heterocycles. The molecule has 3 aromatic carbocycles. The molecule has 0 spiro atoms. The monoisotopic (exact) mass is 468 g/mol. The number of Topliss-reactive ketones (excluding diaryl/α,β-unsaturated/α-hetero) is 1. The second kappa shape index (κ2) is 9.05. The van der Waals surface area contributed by atoms with E-state index in [0.717, 1.165) is 10.8 Å². The van der Waals surface area contributed by atoms with Crippen LogP contribution in [0.25, 0.3) is 10.8 Å². The van der Waals surface area contributed by atoms with Gasteiger partial charge in [0.15, 0.2) is 5.78 Å². The summed E-state index contributed by atoms with van der Waals surface area (Å²) < 4.78 is 28.1. The van der Waals surface area contributed by atoms with E-state index in [1.807, 2.05) is 30.3 Å². The molecular formula is C24H24N2O4S2. The van der Waals surface area contributed by atoms with Crippen molar-refractivity contribution < 1.29 is 18.0 Å². The molecule has 0 unspecified atom stereocenters. The summed E-state index contributed by atoms with van der Waals surface area (Å²) in [6.07, 6.45) is 0.290. The lowest BCUT2D eigenvalue weighted by atomic mass is 10.1. The molecule has 1 aliphatic heterocycles. The Morgan fingerprint density at radius 1 is 1.00 bits per heavy atom. The SMILES string of the molecule is CN(CC(=O)c1ccccc1)C(=O)[C@@H]1C[C@@H](S)CN1S(=O)(=O)c1ccc2ccccc2c1. The summed E-state index contributed by atoms with van der Waals surface area (Å²) in [6, 6.07) is 20.3. The Bertz CT molecular complexity index is 1260. The summed E-state index contributed by atoms with van der Waals surface area (Å²) in [5.74, 6) is -0.610. The van der Waals surface area contributed by atoms with E-state index in [1.54, 1.807) is 42.5 Å². The lowest BCUT2D eigenvalue weighted by Gasteiger charge is -2.27. The molecule has 1 amide bonds. The first-order valence-electron chi connectivity index (χ1n) is 10.3. The topological polar surface area (TPSA) is 74.8 Å². The number of thiol groups is 1. The first-order valence-corrected chi connectivity index (χ1v) is 12.2. The number of amides is 1. The smallest absolute Gasteiger partial charge is 0.243 e. The molecule has 0 bridgehead atoms. The number of rotatable bonds is 6. The second-order valence-electron chi connectivity index (χ2n) is 7.97. The maximum Gasteiger partial charge on any atom is 0.243 e. The summed E-state index contributed by atoms with van der Waals surface area (Å²) in [5.41, 5.74) is 0.506. The number of likely N-dealkylation sites (N-methyl/N-ethyl adjacent to an activating group) is 1. The normalized spacial score (nSPS) is 19.2. The van der Waals surface area contributed by atoms with Gasteiger partial charge < -0.3 is 4.90 Å². The molecule has 0 saturated carbocycles. The van der Waals surface area contributed by atoms with Gasteiger partial charge in [0.25, 0.3) is 0 Å². The van der Waals surface area contributed by atoms with E-state index >= 15 is 0 Å². The van der Waals surface area contributed by atoms with Crippen LogP contribution in [0.2, 0.25) is 0 Å². The van der Waals surface area contributed by atoms with Crippen molar-refractivity contribution in [3.05, 3.63) is 78.4 Å². The molecule has 1 fully saturated rings. The van der Waals surface area contributed by atoms with Crippen LogP contribution in [0.3, 0.4) is 0 Å². The van der Waals surface area contributed by atoms with E-state index in [1.165, 1.54) is 16.3 Å². The minimum absolute atomic E-state index is 0.125. The number of nitrogens with zero attached hydrogens (tertiary/aromatic N) is 2. The molecule has 166 valence electrons. The minimum Gasteiger partial charge on any atom is -0.337 e. The molecule has 1 saturated heterocycles. The zero-order valence-corrected chi connectivity index (χ0v) is 19.3. The quantitative estimate of drug-likeness (QED) is 0.445. The van der Waals surface area contributed by atoms with E-state index in [0.29, 0.717) is 12.0 Å². The van der Waals surface area contributed by atoms with Crippen molar-refractivity contribution in [1.29, 1.82) is 0 Å². The number of hydrogen-bond donors (Lipinski definition) is 1. The van der Waals surface area contributed by atoms with Crippen molar-refractivity contribution in [1.82, 2.24) is 9.21 Å². The molecule has 2 atom stereocenters. The number of hydrogen-bond acceptors (Lipinski definition) is 5. The molecule has 6 nitrogen and oxygen atoms in total. The molecule has 32 heavy (non-hydrogen) atoms.